The van der Waals surface area contributed by atoms with Crippen molar-refractivity contribution in [2.45, 2.75) is 13.3 Å². The summed E-state index contributed by atoms with van der Waals surface area (Å²) in [5.41, 5.74) is 2.37. The van der Waals surface area contributed by atoms with E-state index in [0.717, 1.165) is 16.1 Å². The van der Waals surface area contributed by atoms with Crippen molar-refractivity contribution >= 4 is 45.6 Å². The third kappa shape index (κ3) is 4.18. The Kier molecular flexibility index (Phi) is 5.81. The Labute approximate surface area is 165 Å². The fourth-order valence-electron chi connectivity index (χ4n) is 2.48. The number of amides is 1. The van der Waals surface area contributed by atoms with E-state index in [9.17, 15) is 4.79 Å². The number of aromatic nitrogens is 1. The lowest BCUT2D eigenvalue weighted by Gasteiger charge is -2.07. The van der Waals surface area contributed by atoms with E-state index in [4.69, 9.17) is 27.9 Å². The summed E-state index contributed by atoms with van der Waals surface area (Å²) >= 11 is 13.5. The number of carbonyl (C=O) groups is 1. The fourth-order valence-corrected chi connectivity index (χ4v) is 3.79. The molecule has 0 bridgehead atoms. The van der Waals surface area contributed by atoms with Crippen LogP contribution in [0.15, 0.2) is 42.5 Å². The number of halogens is 2. The van der Waals surface area contributed by atoms with Crippen LogP contribution in [0.2, 0.25) is 10.0 Å². The molecule has 7 heteroatoms. The molecule has 1 heterocycles. The number of benzene rings is 2. The van der Waals surface area contributed by atoms with E-state index in [1.54, 1.807) is 24.3 Å². The first-order valence-electron chi connectivity index (χ1n) is 7.82. The maximum Gasteiger partial charge on any atom is 0.261 e. The fraction of sp³-hybridized carbons (Fsp3) is 0.158. The van der Waals surface area contributed by atoms with Gasteiger partial charge < -0.3 is 4.74 Å². The highest BCUT2D eigenvalue weighted by atomic mass is 35.5. The van der Waals surface area contributed by atoms with Crippen LogP contribution >= 0.6 is 34.5 Å². The second-order valence-electron chi connectivity index (χ2n) is 5.61. The summed E-state index contributed by atoms with van der Waals surface area (Å²) in [6, 6.07) is 12.6. The number of ether oxygens (including phenoxy) is 1. The molecule has 134 valence electrons. The summed E-state index contributed by atoms with van der Waals surface area (Å²) in [6.07, 6.45) is 0.672. The van der Waals surface area contributed by atoms with Gasteiger partial charge in [0.2, 0.25) is 0 Å². The van der Waals surface area contributed by atoms with Crippen LogP contribution in [-0.2, 0) is 6.42 Å². The number of hydrogen-bond donors (Lipinski definition) is 1. The zero-order valence-corrected chi connectivity index (χ0v) is 16.5. The van der Waals surface area contributed by atoms with Crippen molar-refractivity contribution in [1.82, 2.24) is 4.98 Å². The van der Waals surface area contributed by atoms with Crippen molar-refractivity contribution in [3.8, 4) is 5.75 Å². The quantitative estimate of drug-likeness (QED) is 0.598. The van der Waals surface area contributed by atoms with Gasteiger partial charge in [-0.05, 0) is 36.8 Å². The molecule has 0 fully saturated rings. The SMILES string of the molecule is COc1ccccc1C(=O)Nc1nc(C)c(Cc2ccc(Cl)c(Cl)c2)s1. The van der Waals surface area contributed by atoms with E-state index in [0.29, 0.717) is 32.9 Å². The second kappa shape index (κ2) is 8.08. The molecule has 0 aliphatic carbocycles. The van der Waals surface area contributed by atoms with Crippen LogP contribution in [0.3, 0.4) is 0 Å². The molecule has 0 aliphatic rings. The Bertz CT molecular complexity index is 956. The van der Waals surface area contributed by atoms with Crippen molar-refractivity contribution in [2.75, 3.05) is 12.4 Å². The Hall–Kier alpha value is -2.08. The Morgan fingerprint density at radius 2 is 1.96 bits per heavy atom. The Balaban J connectivity index is 1.77. The van der Waals surface area contributed by atoms with Crippen molar-refractivity contribution in [1.29, 1.82) is 0 Å². The number of aryl methyl sites for hydroxylation is 1. The Morgan fingerprint density at radius 1 is 1.19 bits per heavy atom. The zero-order chi connectivity index (χ0) is 18.7. The largest absolute Gasteiger partial charge is 0.496 e. The smallest absolute Gasteiger partial charge is 0.261 e. The van der Waals surface area contributed by atoms with Gasteiger partial charge in [-0.1, -0.05) is 41.4 Å². The lowest BCUT2D eigenvalue weighted by molar-refractivity contribution is 0.102. The van der Waals surface area contributed by atoms with E-state index in [-0.39, 0.29) is 5.91 Å². The van der Waals surface area contributed by atoms with Gasteiger partial charge in [0.15, 0.2) is 5.13 Å². The molecular weight excluding hydrogens is 391 g/mol. The van der Waals surface area contributed by atoms with Crippen LogP contribution in [0, 0.1) is 6.92 Å². The van der Waals surface area contributed by atoms with Crippen LogP contribution in [0.4, 0.5) is 5.13 Å². The maximum atomic E-state index is 12.5. The zero-order valence-electron chi connectivity index (χ0n) is 14.2. The minimum absolute atomic E-state index is 0.253. The number of thiazole rings is 1. The molecule has 0 saturated carbocycles. The van der Waals surface area contributed by atoms with E-state index >= 15 is 0 Å². The highest BCUT2D eigenvalue weighted by Crippen LogP contribution is 2.29. The molecule has 0 saturated heterocycles. The molecule has 1 aromatic heterocycles. The molecule has 0 unspecified atom stereocenters. The molecule has 1 amide bonds. The van der Waals surface area contributed by atoms with Crippen LogP contribution < -0.4 is 10.1 Å². The van der Waals surface area contributed by atoms with Gasteiger partial charge in [-0.2, -0.15) is 0 Å². The van der Waals surface area contributed by atoms with Crippen LogP contribution in [0.5, 0.6) is 5.75 Å². The summed E-state index contributed by atoms with van der Waals surface area (Å²) in [4.78, 5) is 18.0. The van der Waals surface area contributed by atoms with Gasteiger partial charge in [-0.25, -0.2) is 4.98 Å². The van der Waals surface area contributed by atoms with Crippen LogP contribution in [-0.4, -0.2) is 18.0 Å². The Morgan fingerprint density at radius 3 is 2.69 bits per heavy atom. The number of para-hydroxylation sites is 1. The van der Waals surface area contributed by atoms with E-state index in [1.807, 2.05) is 25.1 Å². The topological polar surface area (TPSA) is 51.2 Å². The molecule has 1 N–H and O–H groups in total. The number of methoxy groups -OCH3 is 1. The first kappa shape index (κ1) is 18.7. The number of hydrogen-bond acceptors (Lipinski definition) is 4. The van der Waals surface area contributed by atoms with E-state index in [1.165, 1.54) is 18.4 Å². The lowest BCUT2D eigenvalue weighted by atomic mass is 10.1. The number of carbonyl (C=O) groups excluding carboxylic acids is 1. The average Bonchev–Trinajstić information content (AvgIpc) is 2.97. The highest BCUT2D eigenvalue weighted by molar-refractivity contribution is 7.15. The molecule has 3 rings (SSSR count). The maximum absolute atomic E-state index is 12.5. The minimum Gasteiger partial charge on any atom is -0.496 e. The summed E-state index contributed by atoms with van der Waals surface area (Å²) in [5.74, 6) is 0.270. The second-order valence-corrected chi connectivity index (χ2v) is 7.51. The van der Waals surface area contributed by atoms with Gasteiger partial charge in [0.1, 0.15) is 5.75 Å². The molecule has 2 aromatic carbocycles. The summed E-state index contributed by atoms with van der Waals surface area (Å²) < 4.78 is 5.23. The van der Waals surface area contributed by atoms with Gasteiger partial charge in [0.25, 0.3) is 5.91 Å². The molecular formula is C19H16Cl2N2O2S. The van der Waals surface area contributed by atoms with Crippen LogP contribution in [0.1, 0.15) is 26.5 Å². The van der Waals surface area contributed by atoms with Gasteiger partial charge >= 0.3 is 0 Å². The predicted molar refractivity (Wildman–Crippen MR) is 107 cm³/mol. The normalized spacial score (nSPS) is 10.6. The van der Waals surface area contributed by atoms with Gasteiger partial charge in [0.05, 0.1) is 28.4 Å². The number of nitrogens with one attached hydrogen (secondary N) is 1. The average molecular weight is 407 g/mol. The predicted octanol–water partition coefficient (Wildman–Crippen LogP) is 5.61. The van der Waals surface area contributed by atoms with Crippen LogP contribution in [0.25, 0.3) is 0 Å². The molecule has 0 radical (unpaired) electrons. The first-order chi connectivity index (χ1) is 12.5. The van der Waals surface area contributed by atoms with Gasteiger partial charge in [0, 0.05) is 11.3 Å². The van der Waals surface area contributed by atoms with Crippen molar-refractivity contribution in [3.63, 3.8) is 0 Å². The molecule has 3 aromatic rings. The lowest BCUT2D eigenvalue weighted by Crippen LogP contribution is -2.12. The monoisotopic (exact) mass is 406 g/mol. The van der Waals surface area contributed by atoms with Crippen molar-refractivity contribution in [2.24, 2.45) is 0 Å². The summed E-state index contributed by atoms with van der Waals surface area (Å²) in [6.45, 7) is 1.92. The first-order valence-corrected chi connectivity index (χ1v) is 9.39. The van der Waals surface area contributed by atoms with Crippen molar-refractivity contribution < 1.29 is 9.53 Å². The van der Waals surface area contributed by atoms with Crippen molar-refractivity contribution in [3.05, 3.63) is 74.2 Å². The minimum atomic E-state index is -0.253. The molecule has 0 aliphatic heterocycles. The standard InChI is InChI=1S/C19H16Cl2N2O2S/c1-11-17(10-12-7-8-14(20)15(21)9-12)26-19(22-11)23-18(24)13-5-3-4-6-16(13)25-2/h3-9H,10H2,1-2H3,(H,22,23,24). The van der Waals surface area contributed by atoms with Gasteiger partial charge in [-0.3, -0.25) is 10.1 Å². The summed E-state index contributed by atoms with van der Waals surface area (Å²) in [7, 11) is 1.54. The molecule has 0 spiro atoms. The van der Waals surface area contributed by atoms with E-state index in [2.05, 4.69) is 10.3 Å². The van der Waals surface area contributed by atoms with Gasteiger partial charge in [-0.15, -0.1) is 11.3 Å². The third-order valence-electron chi connectivity index (χ3n) is 3.81. The molecule has 0 atom stereocenters. The number of rotatable bonds is 5. The molecule has 4 nitrogen and oxygen atoms in total. The third-order valence-corrected chi connectivity index (χ3v) is 5.63. The highest BCUT2D eigenvalue weighted by Gasteiger charge is 2.15. The molecule has 26 heavy (non-hydrogen) atoms. The summed E-state index contributed by atoms with van der Waals surface area (Å²) in [5, 5.41) is 4.44. The van der Waals surface area contributed by atoms with E-state index < -0.39 is 0 Å². The number of anilines is 1. The number of nitrogens with zero attached hydrogens (tertiary/aromatic N) is 1.